The Bertz CT molecular complexity index is 1160. The Labute approximate surface area is 229 Å². The third kappa shape index (κ3) is 9.39. The minimum atomic E-state index is -3.64. The molecule has 204 valence electrons. The summed E-state index contributed by atoms with van der Waals surface area (Å²) in [6, 6.07) is 11.1. The number of benzene rings is 2. The number of amides is 2. The lowest BCUT2D eigenvalue weighted by atomic mass is 10.1. The summed E-state index contributed by atoms with van der Waals surface area (Å²) in [6.07, 6.45) is 3.19. The van der Waals surface area contributed by atoms with Crippen molar-refractivity contribution in [1.29, 1.82) is 0 Å². The van der Waals surface area contributed by atoms with Gasteiger partial charge in [-0.05, 0) is 55.7 Å². The molecule has 0 aromatic heterocycles. The van der Waals surface area contributed by atoms with E-state index in [-0.39, 0.29) is 42.8 Å². The Morgan fingerprint density at radius 1 is 1.08 bits per heavy atom. The molecule has 8 nitrogen and oxygen atoms in total. The normalized spacial score (nSPS) is 12.1. The molecular weight excluding hydrogens is 537 g/mol. The van der Waals surface area contributed by atoms with Crippen LogP contribution in [-0.2, 0) is 26.2 Å². The average molecular weight is 573 g/mol. The Hall–Kier alpha value is -2.49. The van der Waals surface area contributed by atoms with Crippen molar-refractivity contribution >= 4 is 50.7 Å². The fourth-order valence-electron chi connectivity index (χ4n) is 3.72. The van der Waals surface area contributed by atoms with Gasteiger partial charge in [-0.15, -0.1) is 0 Å². The molecule has 0 saturated heterocycles. The molecule has 0 bridgehead atoms. The van der Waals surface area contributed by atoms with Gasteiger partial charge in [0.15, 0.2) is 0 Å². The predicted octanol–water partition coefficient (Wildman–Crippen LogP) is 4.88. The van der Waals surface area contributed by atoms with Crippen molar-refractivity contribution in [2.24, 2.45) is 0 Å². The van der Waals surface area contributed by atoms with Crippen LogP contribution in [0, 0.1) is 0 Å². The third-order valence-corrected chi connectivity index (χ3v) is 7.58. The van der Waals surface area contributed by atoms with Crippen LogP contribution in [0.4, 0.5) is 5.69 Å². The van der Waals surface area contributed by atoms with E-state index < -0.39 is 16.1 Å². The summed E-state index contributed by atoms with van der Waals surface area (Å²) in [5.74, 6) is -0.0613. The first-order valence-corrected chi connectivity index (χ1v) is 14.7. The van der Waals surface area contributed by atoms with Crippen LogP contribution in [0.1, 0.15) is 45.1 Å². The van der Waals surface area contributed by atoms with Crippen LogP contribution in [0.2, 0.25) is 10.0 Å². The number of rotatable bonds is 14. The van der Waals surface area contributed by atoms with E-state index >= 15 is 0 Å². The van der Waals surface area contributed by atoms with Crippen molar-refractivity contribution in [1.82, 2.24) is 10.2 Å². The lowest BCUT2D eigenvalue weighted by molar-refractivity contribution is -0.140. The van der Waals surface area contributed by atoms with E-state index in [2.05, 4.69) is 5.32 Å². The van der Waals surface area contributed by atoms with Crippen molar-refractivity contribution < 1.29 is 22.7 Å². The number of nitrogens with one attached hydrogen (secondary N) is 1. The first kappa shape index (κ1) is 30.7. The minimum absolute atomic E-state index is 0.0517. The highest BCUT2D eigenvalue weighted by atomic mass is 35.5. The van der Waals surface area contributed by atoms with Gasteiger partial charge in [-0.2, -0.15) is 0 Å². The summed E-state index contributed by atoms with van der Waals surface area (Å²) < 4.78 is 31.3. The zero-order valence-corrected chi connectivity index (χ0v) is 24.0. The van der Waals surface area contributed by atoms with Crippen LogP contribution in [0.3, 0.4) is 0 Å². The lowest BCUT2D eigenvalue weighted by Crippen LogP contribution is -2.47. The second-order valence-corrected chi connectivity index (χ2v) is 11.5. The first-order chi connectivity index (χ1) is 17.5. The van der Waals surface area contributed by atoms with Crippen molar-refractivity contribution in [3.63, 3.8) is 0 Å². The van der Waals surface area contributed by atoms with Crippen LogP contribution < -0.4 is 14.4 Å². The molecule has 0 saturated carbocycles. The van der Waals surface area contributed by atoms with Crippen LogP contribution >= 0.6 is 23.2 Å². The Kier molecular flexibility index (Phi) is 12.0. The molecule has 0 aliphatic rings. The summed E-state index contributed by atoms with van der Waals surface area (Å²) in [6.45, 7) is 4.56. The zero-order valence-electron chi connectivity index (χ0n) is 21.7. The Morgan fingerprint density at radius 2 is 1.76 bits per heavy atom. The van der Waals surface area contributed by atoms with Gasteiger partial charge in [-0.3, -0.25) is 13.9 Å². The van der Waals surface area contributed by atoms with Crippen molar-refractivity contribution in [3.05, 3.63) is 58.1 Å². The smallest absolute Gasteiger partial charge is 0.242 e. The fraction of sp³-hybridized carbons (Fsp3) is 0.462. The first-order valence-electron chi connectivity index (χ1n) is 12.1. The van der Waals surface area contributed by atoms with E-state index in [0.717, 1.165) is 24.7 Å². The molecule has 2 amide bonds. The van der Waals surface area contributed by atoms with Gasteiger partial charge in [0.05, 0.1) is 24.1 Å². The van der Waals surface area contributed by atoms with Gasteiger partial charge in [0.2, 0.25) is 21.8 Å². The number of carbonyl (C=O) groups is 2. The Balaban J connectivity index is 2.16. The molecule has 1 atom stereocenters. The topological polar surface area (TPSA) is 96.0 Å². The maximum Gasteiger partial charge on any atom is 0.242 e. The van der Waals surface area contributed by atoms with E-state index in [4.69, 9.17) is 27.9 Å². The highest BCUT2D eigenvalue weighted by Crippen LogP contribution is 2.30. The largest absolute Gasteiger partial charge is 0.495 e. The van der Waals surface area contributed by atoms with Gasteiger partial charge in [0, 0.05) is 31.1 Å². The number of methoxy groups -OCH3 is 1. The van der Waals surface area contributed by atoms with Gasteiger partial charge in [-0.1, -0.05) is 48.7 Å². The van der Waals surface area contributed by atoms with E-state index in [1.807, 2.05) is 19.1 Å². The lowest BCUT2D eigenvalue weighted by Gasteiger charge is -2.29. The maximum atomic E-state index is 13.3. The third-order valence-electron chi connectivity index (χ3n) is 5.84. The molecule has 2 aromatic carbocycles. The fourth-order valence-corrected chi connectivity index (χ4v) is 5.05. The van der Waals surface area contributed by atoms with Crippen LogP contribution in [0.5, 0.6) is 5.75 Å². The molecular formula is C26H35Cl2N3O5S. The quantitative estimate of drug-likeness (QED) is 0.326. The van der Waals surface area contributed by atoms with Crippen molar-refractivity contribution in [2.75, 3.05) is 30.8 Å². The van der Waals surface area contributed by atoms with Gasteiger partial charge in [0.1, 0.15) is 11.8 Å². The van der Waals surface area contributed by atoms with Crippen LogP contribution in [0.25, 0.3) is 0 Å². The van der Waals surface area contributed by atoms with Gasteiger partial charge in [0.25, 0.3) is 0 Å². The molecule has 0 spiro atoms. The standard InChI is InChI=1S/C26H35Cl2N3O5S/c1-5-6-15-29-26(33)19(2)30(18-20-9-11-21(27)12-10-20)25(32)8-7-16-31(37(4,34)35)22-13-14-24(36-3)23(28)17-22/h9-14,17,19H,5-8,15-16,18H2,1-4H3,(H,29,33)/t19-/m1/s1. The molecule has 0 radical (unpaired) electrons. The Morgan fingerprint density at radius 3 is 2.32 bits per heavy atom. The highest BCUT2D eigenvalue weighted by molar-refractivity contribution is 7.92. The highest BCUT2D eigenvalue weighted by Gasteiger charge is 2.26. The zero-order chi connectivity index (χ0) is 27.6. The summed E-state index contributed by atoms with van der Waals surface area (Å²) in [5.41, 5.74) is 1.21. The van der Waals surface area contributed by atoms with E-state index in [0.29, 0.717) is 23.0 Å². The van der Waals surface area contributed by atoms with E-state index in [9.17, 15) is 18.0 Å². The molecule has 2 rings (SSSR count). The molecule has 37 heavy (non-hydrogen) atoms. The SMILES string of the molecule is CCCCNC(=O)[C@@H](C)N(Cc1ccc(Cl)cc1)C(=O)CCCN(c1ccc(OC)c(Cl)c1)S(C)(=O)=O. The van der Waals surface area contributed by atoms with Gasteiger partial charge < -0.3 is 15.0 Å². The monoisotopic (exact) mass is 571 g/mol. The number of carbonyl (C=O) groups excluding carboxylic acids is 2. The molecule has 0 aliphatic heterocycles. The van der Waals surface area contributed by atoms with E-state index in [1.165, 1.54) is 22.4 Å². The predicted molar refractivity (Wildman–Crippen MR) is 149 cm³/mol. The number of sulfonamides is 1. The molecule has 1 N–H and O–H groups in total. The summed E-state index contributed by atoms with van der Waals surface area (Å²) in [7, 11) is -2.16. The number of hydrogen-bond acceptors (Lipinski definition) is 5. The molecule has 11 heteroatoms. The molecule has 2 aromatic rings. The van der Waals surface area contributed by atoms with Crippen LogP contribution in [-0.4, -0.2) is 57.6 Å². The minimum Gasteiger partial charge on any atom is -0.495 e. The van der Waals surface area contributed by atoms with Crippen LogP contribution in [0.15, 0.2) is 42.5 Å². The number of nitrogens with zero attached hydrogens (tertiary/aromatic N) is 2. The number of halogens is 2. The number of anilines is 1. The number of unbranched alkanes of at least 4 members (excludes halogenated alkanes) is 1. The van der Waals surface area contributed by atoms with Crippen molar-refractivity contribution in [3.8, 4) is 5.75 Å². The van der Waals surface area contributed by atoms with Gasteiger partial charge >= 0.3 is 0 Å². The molecule has 0 aliphatic carbocycles. The molecule has 0 heterocycles. The average Bonchev–Trinajstić information content (AvgIpc) is 2.85. The van der Waals surface area contributed by atoms with E-state index in [1.54, 1.807) is 31.2 Å². The number of ether oxygens (including phenoxy) is 1. The molecule has 0 unspecified atom stereocenters. The second-order valence-electron chi connectivity index (χ2n) is 8.73. The second kappa shape index (κ2) is 14.4. The molecule has 0 fully saturated rings. The van der Waals surface area contributed by atoms with Gasteiger partial charge in [-0.25, -0.2) is 8.42 Å². The van der Waals surface area contributed by atoms with Crippen molar-refractivity contribution in [2.45, 2.75) is 52.1 Å². The summed E-state index contributed by atoms with van der Waals surface area (Å²) in [4.78, 5) is 27.6. The summed E-state index contributed by atoms with van der Waals surface area (Å²) in [5, 5.41) is 3.73. The number of hydrogen-bond donors (Lipinski definition) is 1. The summed E-state index contributed by atoms with van der Waals surface area (Å²) >= 11 is 12.2. The maximum absolute atomic E-state index is 13.3.